The van der Waals surface area contributed by atoms with Gasteiger partial charge in [0.25, 0.3) is 0 Å². The third-order valence-electron chi connectivity index (χ3n) is 7.42. The van der Waals surface area contributed by atoms with Crippen LogP contribution in [-0.2, 0) is 6.54 Å². The number of anilines is 1. The van der Waals surface area contributed by atoms with Crippen LogP contribution in [-0.4, -0.2) is 69.8 Å². The number of aromatic nitrogens is 6. The Kier molecular flexibility index (Phi) is 7.31. The van der Waals surface area contributed by atoms with E-state index in [9.17, 15) is 19.6 Å². The summed E-state index contributed by atoms with van der Waals surface area (Å²) < 4.78 is 32.3. The van der Waals surface area contributed by atoms with Crippen molar-refractivity contribution < 1.29 is 23.8 Å². The Morgan fingerprint density at radius 2 is 2.05 bits per heavy atom. The van der Waals surface area contributed by atoms with E-state index in [0.717, 1.165) is 4.68 Å². The van der Waals surface area contributed by atoms with Crippen LogP contribution < -0.4 is 10.6 Å². The van der Waals surface area contributed by atoms with Crippen molar-refractivity contribution in [3.63, 3.8) is 0 Å². The van der Waals surface area contributed by atoms with E-state index in [1.165, 1.54) is 26.2 Å². The van der Waals surface area contributed by atoms with Crippen molar-refractivity contribution in [3.05, 3.63) is 48.2 Å². The average molecular weight is 566 g/mol. The number of fused-ring (bicyclic) bond motifs is 1. The Hall–Kier alpha value is -4.64. The standard InChI is InChI=1S/C27H29F2N9O3/c1-14(33-26(39)40)16-7-17(8-16)34-20-9-21(22-5-4-18-6-15(10-30)11-32-38(18)22)31-12-19(20)24-25(29)37(36-35-24)13-23(28)27(2,3)41/h4-6,9,11-12,14,16-17,23,33,41H,7-8,13H2,1-3H3,(H,31,34)(H,39,40)/t14-,16?,17?,23-/m1/s1. The molecule has 4 N–H and O–H groups in total. The first kappa shape index (κ1) is 27.9. The zero-order valence-corrected chi connectivity index (χ0v) is 22.6. The number of halogens is 2. The molecular weight excluding hydrogens is 536 g/mol. The fraction of sp³-hybridized carbons (Fsp3) is 0.407. The van der Waals surface area contributed by atoms with Gasteiger partial charge in [0, 0.05) is 29.5 Å². The fourth-order valence-corrected chi connectivity index (χ4v) is 4.84. The van der Waals surface area contributed by atoms with Crippen molar-refractivity contribution in [1.82, 2.24) is 34.9 Å². The highest BCUT2D eigenvalue weighted by Gasteiger charge is 2.35. The lowest BCUT2D eigenvalue weighted by Gasteiger charge is -2.40. The average Bonchev–Trinajstić information content (AvgIpc) is 3.47. The summed E-state index contributed by atoms with van der Waals surface area (Å²) in [6.45, 7) is 3.87. The van der Waals surface area contributed by atoms with E-state index in [1.807, 2.05) is 13.0 Å². The van der Waals surface area contributed by atoms with Crippen LogP contribution in [0.3, 0.4) is 0 Å². The smallest absolute Gasteiger partial charge is 0.404 e. The summed E-state index contributed by atoms with van der Waals surface area (Å²) in [4.78, 5) is 15.5. The molecule has 0 unspecified atom stereocenters. The molecule has 0 aromatic carbocycles. The predicted molar refractivity (Wildman–Crippen MR) is 144 cm³/mol. The molecule has 1 amide bonds. The Morgan fingerprint density at radius 1 is 1.29 bits per heavy atom. The van der Waals surface area contributed by atoms with Crippen LogP contribution in [0.2, 0.25) is 0 Å². The van der Waals surface area contributed by atoms with Gasteiger partial charge >= 0.3 is 6.09 Å². The van der Waals surface area contributed by atoms with Gasteiger partial charge in [-0.25, -0.2) is 18.4 Å². The summed E-state index contributed by atoms with van der Waals surface area (Å²) in [6, 6.07) is 8.85. The minimum atomic E-state index is -1.78. The monoisotopic (exact) mass is 565 g/mol. The van der Waals surface area contributed by atoms with Crippen molar-refractivity contribution in [2.24, 2.45) is 5.92 Å². The largest absolute Gasteiger partial charge is 0.465 e. The van der Waals surface area contributed by atoms with Crippen molar-refractivity contribution in [1.29, 1.82) is 5.26 Å². The van der Waals surface area contributed by atoms with Crippen molar-refractivity contribution in [2.45, 2.75) is 64.0 Å². The Balaban J connectivity index is 1.48. The van der Waals surface area contributed by atoms with Gasteiger partial charge in [0.05, 0.1) is 40.8 Å². The van der Waals surface area contributed by atoms with Crippen LogP contribution in [0.25, 0.3) is 28.2 Å². The van der Waals surface area contributed by atoms with Crippen LogP contribution in [0, 0.1) is 23.2 Å². The summed E-state index contributed by atoms with van der Waals surface area (Å²) >= 11 is 0. The Morgan fingerprint density at radius 3 is 2.73 bits per heavy atom. The Bertz CT molecular complexity index is 1630. The highest BCUT2D eigenvalue weighted by molar-refractivity contribution is 5.79. The molecule has 1 saturated carbocycles. The zero-order chi connectivity index (χ0) is 29.5. The van der Waals surface area contributed by atoms with Gasteiger partial charge in [-0.1, -0.05) is 5.21 Å². The molecule has 0 aliphatic heterocycles. The molecule has 5 rings (SSSR count). The first-order valence-corrected chi connectivity index (χ1v) is 13.0. The molecule has 4 aromatic heterocycles. The van der Waals surface area contributed by atoms with Gasteiger partial charge in [-0.15, -0.1) is 5.10 Å². The summed E-state index contributed by atoms with van der Waals surface area (Å²) in [6.07, 6.45) is 1.39. The molecule has 1 aliphatic rings. The molecule has 14 heteroatoms. The second kappa shape index (κ2) is 10.7. The van der Waals surface area contributed by atoms with Crippen LogP contribution >= 0.6 is 0 Å². The number of carbonyl (C=O) groups is 1. The minimum Gasteiger partial charge on any atom is -0.465 e. The number of rotatable bonds is 9. The zero-order valence-electron chi connectivity index (χ0n) is 22.6. The van der Waals surface area contributed by atoms with Crippen LogP contribution in [0.1, 0.15) is 39.2 Å². The van der Waals surface area contributed by atoms with Crippen molar-refractivity contribution in [3.8, 4) is 28.7 Å². The van der Waals surface area contributed by atoms with Gasteiger partial charge in [-0.05, 0) is 63.8 Å². The maximum absolute atomic E-state index is 15.5. The molecule has 41 heavy (non-hydrogen) atoms. The number of hydrogen-bond donors (Lipinski definition) is 4. The van der Waals surface area contributed by atoms with E-state index in [4.69, 9.17) is 5.11 Å². The van der Waals surface area contributed by atoms with Gasteiger partial charge < -0.3 is 20.8 Å². The van der Waals surface area contributed by atoms with E-state index in [0.29, 0.717) is 46.6 Å². The van der Waals surface area contributed by atoms with E-state index < -0.39 is 30.4 Å². The van der Waals surface area contributed by atoms with E-state index in [2.05, 4.69) is 37.1 Å². The number of nitriles is 1. The first-order valence-electron chi connectivity index (χ1n) is 13.0. The molecule has 1 aliphatic carbocycles. The number of hydrogen-bond acceptors (Lipinski definition) is 8. The molecule has 214 valence electrons. The lowest BCUT2D eigenvalue weighted by Crippen LogP contribution is -2.47. The third kappa shape index (κ3) is 5.66. The molecule has 0 bridgehead atoms. The van der Waals surface area contributed by atoms with E-state index in [-0.39, 0.29) is 23.7 Å². The number of amides is 1. The molecular formula is C27H29F2N9O3. The summed E-state index contributed by atoms with van der Waals surface area (Å²) in [5.74, 6) is -0.749. The second-order valence-corrected chi connectivity index (χ2v) is 10.9. The SMILES string of the molecule is C[C@@H](NC(=O)O)C1CC(Nc2cc(-c3ccc4cc(C#N)cnn34)ncc2-c2nnn(C[C@@H](F)C(C)(C)O)c2F)C1. The minimum absolute atomic E-state index is 0.0315. The second-order valence-electron chi connectivity index (χ2n) is 10.9. The Labute approximate surface area is 233 Å². The number of nitrogens with zero attached hydrogens (tertiary/aromatic N) is 7. The van der Waals surface area contributed by atoms with Crippen LogP contribution in [0.15, 0.2) is 36.7 Å². The topological polar surface area (TPSA) is 166 Å². The van der Waals surface area contributed by atoms with Crippen LogP contribution in [0.4, 0.5) is 19.3 Å². The van der Waals surface area contributed by atoms with Crippen molar-refractivity contribution in [2.75, 3.05) is 5.32 Å². The van der Waals surface area contributed by atoms with Crippen molar-refractivity contribution >= 4 is 17.3 Å². The van der Waals surface area contributed by atoms with Gasteiger partial charge in [0.15, 0.2) is 5.69 Å². The fourth-order valence-electron chi connectivity index (χ4n) is 4.84. The maximum Gasteiger partial charge on any atom is 0.404 e. The van der Waals surface area contributed by atoms with Gasteiger partial charge in [0.1, 0.15) is 12.2 Å². The lowest BCUT2D eigenvalue weighted by molar-refractivity contribution is -0.0133. The predicted octanol–water partition coefficient (Wildman–Crippen LogP) is 3.62. The molecule has 1 fully saturated rings. The molecule has 4 aromatic rings. The number of pyridine rings is 1. The number of carboxylic acid groups (broad SMARTS) is 1. The van der Waals surface area contributed by atoms with E-state index in [1.54, 1.807) is 22.7 Å². The summed E-state index contributed by atoms with van der Waals surface area (Å²) in [5.41, 5.74) is 1.25. The van der Waals surface area contributed by atoms with Gasteiger partial charge in [0.2, 0.25) is 5.95 Å². The third-order valence-corrected chi connectivity index (χ3v) is 7.42. The molecule has 0 spiro atoms. The maximum atomic E-state index is 15.5. The highest BCUT2D eigenvalue weighted by Crippen LogP contribution is 2.37. The number of alkyl halides is 1. The molecule has 0 saturated heterocycles. The lowest BCUT2D eigenvalue weighted by atomic mass is 9.76. The summed E-state index contributed by atoms with van der Waals surface area (Å²) in [5, 5.41) is 46.1. The van der Waals surface area contributed by atoms with E-state index >= 15 is 4.39 Å². The quantitative estimate of drug-likeness (QED) is 0.237. The number of aliphatic hydroxyl groups is 1. The molecule has 4 heterocycles. The first-order chi connectivity index (χ1) is 19.4. The molecule has 0 radical (unpaired) electrons. The van der Waals surface area contributed by atoms with Gasteiger partial charge in [-0.2, -0.15) is 14.8 Å². The van der Waals surface area contributed by atoms with Crippen LogP contribution in [0.5, 0.6) is 0 Å². The molecule has 2 atom stereocenters. The van der Waals surface area contributed by atoms with Gasteiger partial charge in [-0.3, -0.25) is 4.98 Å². The number of nitrogens with one attached hydrogen (secondary N) is 2. The normalized spacial score (nSPS) is 18.4. The highest BCUT2D eigenvalue weighted by atomic mass is 19.1. The summed E-state index contributed by atoms with van der Waals surface area (Å²) in [7, 11) is 0. The molecule has 12 nitrogen and oxygen atoms in total.